The minimum absolute atomic E-state index is 0.0765. The SMILES string of the molecule is CC(C#N)=CC1C(C)(C)C1(CC(Cl)(Cl)Cl)C(=O)O. The number of carbonyl (C=O) groups is 1. The molecule has 2 atom stereocenters. The number of rotatable bonds is 3. The molecule has 1 fully saturated rings. The lowest BCUT2D eigenvalue weighted by Gasteiger charge is -2.20. The van der Waals surface area contributed by atoms with Crippen molar-refractivity contribution in [2.24, 2.45) is 16.7 Å². The summed E-state index contributed by atoms with van der Waals surface area (Å²) in [5.74, 6) is -1.30. The van der Waals surface area contributed by atoms with Crippen LogP contribution in [0.15, 0.2) is 11.6 Å². The Bertz CT molecular complexity index is 445. The highest BCUT2D eigenvalue weighted by Crippen LogP contribution is 2.73. The fourth-order valence-electron chi connectivity index (χ4n) is 2.67. The molecule has 6 heteroatoms. The van der Waals surface area contributed by atoms with Gasteiger partial charge >= 0.3 is 5.97 Å². The second-order valence-corrected chi connectivity index (χ2v) is 7.75. The number of alkyl halides is 3. The summed E-state index contributed by atoms with van der Waals surface area (Å²) >= 11 is 17.2. The average Bonchev–Trinajstić information content (AvgIpc) is 2.62. The second-order valence-electron chi connectivity index (χ2n) is 5.23. The molecule has 2 unspecified atom stereocenters. The van der Waals surface area contributed by atoms with E-state index in [4.69, 9.17) is 40.1 Å². The summed E-state index contributed by atoms with van der Waals surface area (Å²) in [4.78, 5) is 11.6. The maximum atomic E-state index is 11.6. The molecular formula is C12H14Cl3NO2. The first-order valence-electron chi connectivity index (χ1n) is 5.37. The van der Waals surface area contributed by atoms with Crippen LogP contribution >= 0.6 is 34.8 Å². The highest BCUT2D eigenvalue weighted by Gasteiger charge is 2.76. The molecule has 0 radical (unpaired) electrons. The Labute approximate surface area is 121 Å². The molecule has 1 rings (SSSR count). The van der Waals surface area contributed by atoms with E-state index in [1.54, 1.807) is 13.0 Å². The van der Waals surface area contributed by atoms with Gasteiger partial charge in [-0.1, -0.05) is 54.7 Å². The van der Waals surface area contributed by atoms with Crippen molar-refractivity contribution in [1.29, 1.82) is 5.26 Å². The zero-order valence-electron chi connectivity index (χ0n) is 10.3. The average molecular weight is 311 g/mol. The minimum Gasteiger partial charge on any atom is -0.481 e. The van der Waals surface area contributed by atoms with Crippen LogP contribution in [0.4, 0.5) is 0 Å². The quantitative estimate of drug-likeness (QED) is 0.634. The zero-order valence-corrected chi connectivity index (χ0v) is 12.6. The molecule has 100 valence electrons. The van der Waals surface area contributed by atoms with Crippen molar-refractivity contribution in [1.82, 2.24) is 0 Å². The number of aliphatic carboxylic acids is 1. The van der Waals surface area contributed by atoms with Gasteiger partial charge in [-0.2, -0.15) is 5.26 Å². The fraction of sp³-hybridized carbons (Fsp3) is 0.667. The molecular weight excluding hydrogens is 296 g/mol. The number of hydrogen-bond donors (Lipinski definition) is 1. The van der Waals surface area contributed by atoms with Crippen molar-refractivity contribution >= 4 is 40.8 Å². The topological polar surface area (TPSA) is 61.1 Å². The first-order valence-corrected chi connectivity index (χ1v) is 6.51. The molecule has 3 nitrogen and oxygen atoms in total. The molecule has 1 aliphatic rings. The fourth-order valence-corrected chi connectivity index (χ4v) is 3.30. The van der Waals surface area contributed by atoms with Gasteiger partial charge in [0, 0.05) is 17.9 Å². The minimum atomic E-state index is -1.63. The lowest BCUT2D eigenvalue weighted by atomic mass is 9.93. The van der Waals surface area contributed by atoms with Crippen molar-refractivity contribution in [3.8, 4) is 6.07 Å². The molecule has 0 aromatic rings. The molecule has 0 aromatic carbocycles. The van der Waals surface area contributed by atoms with Gasteiger partial charge in [-0.15, -0.1) is 0 Å². The van der Waals surface area contributed by atoms with Gasteiger partial charge in [-0.05, 0) is 12.3 Å². The number of allylic oxidation sites excluding steroid dienone is 2. The van der Waals surface area contributed by atoms with Gasteiger partial charge in [0.1, 0.15) is 0 Å². The molecule has 0 amide bonds. The molecule has 0 spiro atoms. The third-order valence-electron chi connectivity index (χ3n) is 3.83. The summed E-state index contributed by atoms with van der Waals surface area (Å²) in [6.07, 6.45) is 1.58. The van der Waals surface area contributed by atoms with Crippen LogP contribution in [-0.2, 0) is 4.79 Å². The van der Waals surface area contributed by atoms with E-state index in [1.165, 1.54) is 0 Å². The van der Waals surface area contributed by atoms with Crippen molar-refractivity contribution in [2.75, 3.05) is 0 Å². The Morgan fingerprint density at radius 2 is 2.00 bits per heavy atom. The van der Waals surface area contributed by atoms with E-state index in [9.17, 15) is 9.90 Å². The number of hydrogen-bond acceptors (Lipinski definition) is 2. The van der Waals surface area contributed by atoms with E-state index in [-0.39, 0.29) is 12.3 Å². The summed E-state index contributed by atoms with van der Waals surface area (Å²) in [6, 6.07) is 1.98. The Kier molecular flexibility index (Phi) is 3.99. The van der Waals surface area contributed by atoms with Gasteiger partial charge in [-0.25, -0.2) is 0 Å². The largest absolute Gasteiger partial charge is 0.481 e. The smallest absolute Gasteiger partial charge is 0.310 e. The van der Waals surface area contributed by atoms with Gasteiger partial charge in [0.15, 0.2) is 3.79 Å². The highest BCUT2D eigenvalue weighted by molar-refractivity contribution is 6.67. The Morgan fingerprint density at radius 3 is 2.33 bits per heavy atom. The van der Waals surface area contributed by atoms with Crippen molar-refractivity contribution in [3.63, 3.8) is 0 Å². The third kappa shape index (κ3) is 2.47. The van der Waals surface area contributed by atoms with Gasteiger partial charge in [0.05, 0.1) is 11.5 Å². The number of carboxylic acids is 1. The van der Waals surface area contributed by atoms with E-state index in [2.05, 4.69) is 0 Å². The molecule has 1 saturated carbocycles. The lowest BCUT2D eigenvalue weighted by Crippen LogP contribution is -2.27. The van der Waals surface area contributed by atoms with E-state index in [0.29, 0.717) is 5.57 Å². The van der Waals surface area contributed by atoms with E-state index in [1.807, 2.05) is 19.9 Å². The van der Waals surface area contributed by atoms with Gasteiger partial charge in [-0.3, -0.25) is 4.79 Å². The number of nitriles is 1. The Hall–Kier alpha value is -0.430. The Morgan fingerprint density at radius 1 is 1.50 bits per heavy atom. The Balaban J connectivity index is 3.17. The van der Waals surface area contributed by atoms with Crippen LogP contribution in [0.2, 0.25) is 0 Å². The lowest BCUT2D eigenvalue weighted by molar-refractivity contribution is -0.145. The van der Waals surface area contributed by atoms with Crippen LogP contribution in [0.5, 0.6) is 0 Å². The molecule has 0 saturated heterocycles. The predicted octanol–water partition coefficient (Wildman–Crippen LogP) is 3.94. The van der Waals surface area contributed by atoms with E-state index in [0.717, 1.165) is 0 Å². The first-order chi connectivity index (χ1) is 7.99. The van der Waals surface area contributed by atoms with Crippen molar-refractivity contribution in [3.05, 3.63) is 11.6 Å². The number of carboxylic acid groups (broad SMARTS) is 1. The zero-order chi connectivity index (χ0) is 14.4. The summed E-state index contributed by atoms with van der Waals surface area (Å²) in [7, 11) is 0. The maximum absolute atomic E-state index is 11.6. The van der Waals surface area contributed by atoms with Gasteiger partial charge in [0.2, 0.25) is 0 Å². The third-order valence-corrected chi connectivity index (χ3v) is 4.23. The van der Waals surface area contributed by atoms with Crippen LogP contribution < -0.4 is 0 Å². The van der Waals surface area contributed by atoms with Crippen molar-refractivity contribution in [2.45, 2.75) is 31.0 Å². The van der Waals surface area contributed by atoms with Crippen molar-refractivity contribution < 1.29 is 9.90 Å². The maximum Gasteiger partial charge on any atom is 0.310 e. The monoisotopic (exact) mass is 309 g/mol. The van der Waals surface area contributed by atoms with Crippen LogP contribution in [-0.4, -0.2) is 14.9 Å². The summed E-state index contributed by atoms with van der Waals surface area (Å²) in [5.41, 5.74) is -1.20. The summed E-state index contributed by atoms with van der Waals surface area (Å²) in [6.45, 7) is 5.25. The summed E-state index contributed by atoms with van der Waals surface area (Å²) < 4.78 is -1.63. The van der Waals surface area contributed by atoms with Crippen LogP contribution in [0.3, 0.4) is 0 Å². The highest BCUT2D eigenvalue weighted by atomic mass is 35.6. The predicted molar refractivity (Wildman–Crippen MR) is 71.6 cm³/mol. The number of nitrogens with zero attached hydrogens (tertiary/aromatic N) is 1. The molecule has 0 aromatic heterocycles. The first kappa shape index (κ1) is 15.6. The molecule has 1 aliphatic carbocycles. The van der Waals surface area contributed by atoms with Gasteiger partial charge in [0.25, 0.3) is 0 Å². The van der Waals surface area contributed by atoms with Crippen LogP contribution in [0.25, 0.3) is 0 Å². The molecule has 18 heavy (non-hydrogen) atoms. The van der Waals surface area contributed by atoms with E-state index >= 15 is 0 Å². The van der Waals surface area contributed by atoms with Crippen LogP contribution in [0.1, 0.15) is 27.2 Å². The normalized spacial score (nSPS) is 30.7. The molecule has 0 heterocycles. The van der Waals surface area contributed by atoms with E-state index < -0.39 is 20.6 Å². The molecule has 1 N–H and O–H groups in total. The molecule has 0 aliphatic heterocycles. The number of halogens is 3. The summed E-state index contributed by atoms with van der Waals surface area (Å²) in [5, 5.41) is 18.2. The van der Waals surface area contributed by atoms with Crippen LogP contribution in [0, 0.1) is 28.1 Å². The standard InChI is InChI=1S/C12H14Cl3NO2/c1-7(5-16)4-8-10(2,3)11(8,9(17)18)6-12(13,14)15/h4,8H,6H2,1-3H3,(H,17,18). The second kappa shape index (κ2) is 4.59. The molecule has 0 bridgehead atoms. The van der Waals surface area contributed by atoms with Gasteiger partial charge < -0.3 is 5.11 Å².